The molecular formula is C26H24Br2N4O3. The molecule has 0 saturated carbocycles. The molecule has 180 valence electrons. The summed E-state index contributed by atoms with van der Waals surface area (Å²) in [6, 6.07) is 18.0. The zero-order valence-electron chi connectivity index (χ0n) is 19.5. The maximum atomic E-state index is 12.3. The van der Waals surface area contributed by atoms with E-state index in [0.717, 1.165) is 36.8 Å². The first-order chi connectivity index (χ1) is 16.9. The molecule has 0 aliphatic carbocycles. The van der Waals surface area contributed by atoms with E-state index in [2.05, 4.69) is 71.8 Å². The van der Waals surface area contributed by atoms with Crippen molar-refractivity contribution in [2.24, 2.45) is 5.10 Å². The maximum absolute atomic E-state index is 12.3. The smallest absolute Gasteiger partial charge is 0.261 e. The second kappa shape index (κ2) is 11.0. The molecule has 1 heterocycles. The molecule has 0 bridgehead atoms. The summed E-state index contributed by atoms with van der Waals surface area (Å²) in [5.41, 5.74) is 6.07. The zero-order chi connectivity index (χ0) is 24.9. The van der Waals surface area contributed by atoms with Crippen LogP contribution in [0, 0.1) is 13.8 Å². The predicted octanol–water partition coefficient (Wildman–Crippen LogP) is 5.92. The van der Waals surface area contributed by atoms with Crippen LogP contribution >= 0.6 is 31.9 Å². The Morgan fingerprint density at radius 1 is 1.14 bits per heavy atom. The molecule has 4 aromatic rings. The number of benzene rings is 3. The van der Waals surface area contributed by atoms with E-state index in [1.165, 1.54) is 5.39 Å². The van der Waals surface area contributed by atoms with Gasteiger partial charge in [0.25, 0.3) is 5.91 Å². The minimum atomic E-state index is -0.277. The van der Waals surface area contributed by atoms with Crippen LogP contribution in [0.5, 0.6) is 11.5 Å². The van der Waals surface area contributed by atoms with Gasteiger partial charge >= 0.3 is 0 Å². The highest BCUT2D eigenvalue weighted by Crippen LogP contribution is 2.37. The van der Waals surface area contributed by atoms with E-state index in [-0.39, 0.29) is 12.5 Å². The number of aryl methyl sites for hydroxylation is 1. The van der Waals surface area contributed by atoms with E-state index in [9.17, 15) is 4.79 Å². The summed E-state index contributed by atoms with van der Waals surface area (Å²) in [6.07, 6.45) is 1.55. The standard InChI is InChI=1S/C26H24Br2N4O3/c1-16-25(28)17(2)32(31-16)14-24(33)30-29-13-18-11-22(27)26(23(12-18)34-3)35-15-20-9-6-8-19-7-4-5-10-21(19)20/h4-13H,14-15H2,1-3H3,(H,30,33). The average Bonchev–Trinajstić information content (AvgIpc) is 3.09. The van der Waals surface area contributed by atoms with Crippen molar-refractivity contribution >= 4 is 54.8 Å². The number of fused-ring (bicyclic) bond motifs is 1. The number of halogens is 2. The van der Waals surface area contributed by atoms with Crippen molar-refractivity contribution < 1.29 is 14.3 Å². The summed E-state index contributed by atoms with van der Waals surface area (Å²) in [5.74, 6) is 0.872. The molecule has 0 fully saturated rings. The van der Waals surface area contributed by atoms with Gasteiger partial charge in [0.2, 0.25) is 0 Å². The lowest BCUT2D eigenvalue weighted by Gasteiger charge is -2.14. The molecule has 0 radical (unpaired) electrons. The minimum absolute atomic E-state index is 0.0730. The Bertz CT molecular complexity index is 1410. The summed E-state index contributed by atoms with van der Waals surface area (Å²) in [6.45, 7) is 4.24. The van der Waals surface area contributed by atoms with E-state index < -0.39 is 0 Å². The molecule has 7 nitrogen and oxygen atoms in total. The number of hydrogen-bond donors (Lipinski definition) is 1. The Labute approximate surface area is 220 Å². The van der Waals surface area contributed by atoms with Crippen molar-refractivity contribution in [2.45, 2.75) is 27.0 Å². The summed E-state index contributed by atoms with van der Waals surface area (Å²) < 4.78 is 14.9. The van der Waals surface area contributed by atoms with Gasteiger partial charge in [-0.3, -0.25) is 9.48 Å². The topological polar surface area (TPSA) is 77.7 Å². The lowest BCUT2D eigenvalue weighted by Crippen LogP contribution is -2.24. The number of carbonyl (C=O) groups excluding carboxylic acids is 1. The van der Waals surface area contributed by atoms with E-state index >= 15 is 0 Å². The Kier molecular flexibility index (Phi) is 7.87. The van der Waals surface area contributed by atoms with Gasteiger partial charge in [0, 0.05) is 0 Å². The molecule has 35 heavy (non-hydrogen) atoms. The number of aromatic nitrogens is 2. The van der Waals surface area contributed by atoms with Gasteiger partial charge in [-0.2, -0.15) is 10.2 Å². The van der Waals surface area contributed by atoms with Gasteiger partial charge < -0.3 is 9.47 Å². The van der Waals surface area contributed by atoms with Crippen LogP contribution in [0.2, 0.25) is 0 Å². The monoisotopic (exact) mass is 598 g/mol. The van der Waals surface area contributed by atoms with E-state index in [0.29, 0.717) is 18.1 Å². The average molecular weight is 600 g/mol. The quantitative estimate of drug-likeness (QED) is 0.202. The van der Waals surface area contributed by atoms with Crippen LogP contribution in [-0.2, 0) is 17.9 Å². The number of carbonyl (C=O) groups is 1. The first kappa shape index (κ1) is 24.9. The summed E-state index contributed by atoms with van der Waals surface area (Å²) in [5, 5.41) is 10.7. The number of hydrogen-bond acceptors (Lipinski definition) is 5. The summed E-state index contributed by atoms with van der Waals surface area (Å²) in [7, 11) is 1.59. The first-order valence-corrected chi connectivity index (χ1v) is 12.4. The highest BCUT2D eigenvalue weighted by atomic mass is 79.9. The van der Waals surface area contributed by atoms with Crippen LogP contribution in [0.15, 0.2) is 68.6 Å². The Balaban J connectivity index is 1.43. The molecule has 0 atom stereocenters. The molecule has 0 aliphatic rings. The van der Waals surface area contributed by atoms with Crippen LogP contribution in [0.1, 0.15) is 22.5 Å². The molecular weight excluding hydrogens is 576 g/mol. The molecule has 4 rings (SSSR count). The van der Waals surface area contributed by atoms with E-state index in [1.807, 2.05) is 38.1 Å². The third-order valence-corrected chi connectivity index (χ3v) is 7.23. The van der Waals surface area contributed by atoms with Gasteiger partial charge in [0.05, 0.1) is 33.7 Å². The zero-order valence-corrected chi connectivity index (χ0v) is 22.7. The van der Waals surface area contributed by atoms with Crippen molar-refractivity contribution in [3.05, 3.63) is 86.1 Å². The molecule has 3 aromatic carbocycles. The first-order valence-electron chi connectivity index (χ1n) is 10.9. The molecule has 0 unspecified atom stereocenters. The fourth-order valence-corrected chi connectivity index (χ4v) is 4.56. The van der Waals surface area contributed by atoms with Crippen molar-refractivity contribution in [1.82, 2.24) is 15.2 Å². The van der Waals surface area contributed by atoms with Gasteiger partial charge in [0.1, 0.15) is 13.2 Å². The van der Waals surface area contributed by atoms with Crippen LogP contribution in [0.4, 0.5) is 0 Å². The molecule has 9 heteroatoms. The van der Waals surface area contributed by atoms with Gasteiger partial charge in [-0.15, -0.1) is 0 Å². The van der Waals surface area contributed by atoms with E-state index in [1.54, 1.807) is 24.1 Å². The van der Waals surface area contributed by atoms with Gasteiger partial charge in [-0.05, 0) is 79.7 Å². The number of rotatable bonds is 8. The lowest BCUT2D eigenvalue weighted by atomic mass is 10.1. The Morgan fingerprint density at radius 2 is 1.91 bits per heavy atom. The second-order valence-corrected chi connectivity index (χ2v) is 9.54. The Hall–Kier alpha value is -3.17. The second-order valence-electron chi connectivity index (χ2n) is 7.90. The van der Waals surface area contributed by atoms with Crippen molar-refractivity contribution in [2.75, 3.05) is 7.11 Å². The fourth-order valence-electron chi connectivity index (χ4n) is 3.70. The lowest BCUT2D eigenvalue weighted by molar-refractivity contribution is -0.121. The molecule has 1 aromatic heterocycles. The molecule has 1 N–H and O–H groups in total. The summed E-state index contributed by atoms with van der Waals surface area (Å²) >= 11 is 7.04. The number of hydrazone groups is 1. The largest absolute Gasteiger partial charge is 0.493 e. The van der Waals surface area contributed by atoms with Crippen LogP contribution < -0.4 is 14.9 Å². The molecule has 0 spiro atoms. The van der Waals surface area contributed by atoms with Crippen molar-refractivity contribution in [3.8, 4) is 11.5 Å². The SMILES string of the molecule is COc1cc(C=NNC(=O)Cn2nc(C)c(Br)c2C)cc(Br)c1OCc1cccc2ccccc12. The third-order valence-electron chi connectivity index (χ3n) is 5.49. The van der Waals surface area contributed by atoms with Crippen LogP contribution in [0.3, 0.4) is 0 Å². The van der Waals surface area contributed by atoms with Gasteiger partial charge in [-0.1, -0.05) is 42.5 Å². The highest BCUT2D eigenvalue weighted by molar-refractivity contribution is 9.10. The normalized spacial score (nSPS) is 11.2. The van der Waals surface area contributed by atoms with Gasteiger partial charge in [-0.25, -0.2) is 5.43 Å². The fraction of sp³-hybridized carbons (Fsp3) is 0.192. The summed E-state index contributed by atoms with van der Waals surface area (Å²) in [4.78, 5) is 12.3. The maximum Gasteiger partial charge on any atom is 0.261 e. The molecule has 1 amide bonds. The molecule has 0 aliphatic heterocycles. The molecule has 0 saturated heterocycles. The van der Waals surface area contributed by atoms with Crippen molar-refractivity contribution in [3.63, 3.8) is 0 Å². The number of methoxy groups -OCH3 is 1. The highest BCUT2D eigenvalue weighted by Gasteiger charge is 2.13. The van der Waals surface area contributed by atoms with Gasteiger partial charge in [0.15, 0.2) is 11.5 Å². The minimum Gasteiger partial charge on any atom is -0.493 e. The number of nitrogens with one attached hydrogen (secondary N) is 1. The van der Waals surface area contributed by atoms with Crippen molar-refractivity contribution in [1.29, 1.82) is 0 Å². The third kappa shape index (κ3) is 5.74. The van der Waals surface area contributed by atoms with Crippen LogP contribution in [-0.4, -0.2) is 29.0 Å². The number of nitrogens with zero attached hydrogens (tertiary/aromatic N) is 3. The predicted molar refractivity (Wildman–Crippen MR) is 144 cm³/mol. The number of amides is 1. The van der Waals surface area contributed by atoms with E-state index in [4.69, 9.17) is 9.47 Å². The Morgan fingerprint density at radius 3 is 2.66 bits per heavy atom. The van der Waals surface area contributed by atoms with Crippen LogP contribution in [0.25, 0.3) is 10.8 Å². The number of ether oxygens (including phenoxy) is 2.